The van der Waals surface area contributed by atoms with E-state index in [9.17, 15) is 9.59 Å². The normalized spacial score (nSPS) is 20.1. The van der Waals surface area contributed by atoms with Crippen molar-refractivity contribution >= 4 is 44.9 Å². The van der Waals surface area contributed by atoms with Crippen LogP contribution in [0.15, 0.2) is 21.5 Å². The highest BCUT2D eigenvalue weighted by Gasteiger charge is 2.37. The molecule has 0 spiro atoms. The first-order valence-electron chi connectivity index (χ1n) is 6.87. The smallest absolute Gasteiger partial charge is 0.293 e. The van der Waals surface area contributed by atoms with Crippen LogP contribution >= 0.6 is 27.7 Å². The predicted octanol–water partition coefficient (Wildman–Crippen LogP) is 4.01. The van der Waals surface area contributed by atoms with Crippen LogP contribution in [-0.4, -0.2) is 28.9 Å². The van der Waals surface area contributed by atoms with E-state index in [4.69, 9.17) is 9.47 Å². The van der Waals surface area contributed by atoms with Crippen molar-refractivity contribution in [3.05, 3.63) is 27.1 Å². The molecule has 0 saturated carbocycles. The van der Waals surface area contributed by atoms with E-state index >= 15 is 0 Å². The van der Waals surface area contributed by atoms with E-state index in [2.05, 4.69) is 15.9 Å². The molecule has 0 bridgehead atoms. The van der Waals surface area contributed by atoms with E-state index in [1.165, 1.54) is 4.90 Å². The lowest BCUT2D eigenvalue weighted by atomic mass is 10.1. The quantitative estimate of drug-likeness (QED) is 0.737. The van der Waals surface area contributed by atoms with E-state index in [0.29, 0.717) is 16.4 Å². The molecule has 0 aliphatic carbocycles. The summed E-state index contributed by atoms with van der Waals surface area (Å²) in [5.74, 6) is 1.06. The highest BCUT2D eigenvalue weighted by molar-refractivity contribution is 9.10. The lowest BCUT2D eigenvalue weighted by Crippen LogP contribution is -2.36. The minimum absolute atomic E-state index is 0.0985. The van der Waals surface area contributed by atoms with Crippen molar-refractivity contribution in [2.24, 2.45) is 0 Å². The summed E-state index contributed by atoms with van der Waals surface area (Å²) in [6.07, 6.45) is 2.44. The van der Waals surface area contributed by atoms with E-state index in [1.54, 1.807) is 18.2 Å². The zero-order chi connectivity index (χ0) is 15.9. The standard InChI is InChI=1S/C15H14BrNO4S/c1-3-8(2)17-14(18)13(22-15(17)19)5-9-4-11-12(6-10(9)16)21-7-20-11/h4-6,8H,3,7H2,1-2H3/b13-5-/t8-/m0/s1. The number of hydrogen-bond acceptors (Lipinski definition) is 5. The maximum atomic E-state index is 12.4. The topological polar surface area (TPSA) is 55.8 Å². The predicted molar refractivity (Wildman–Crippen MR) is 87.8 cm³/mol. The number of carbonyl (C=O) groups is 2. The van der Waals surface area contributed by atoms with Gasteiger partial charge in [-0.25, -0.2) is 0 Å². The van der Waals surface area contributed by atoms with Gasteiger partial charge in [-0.15, -0.1) is 0 Å². The molecule has 2 aliphatic rings. The average Bonchev–Trinajstić information content (AvgIpc) is 3.03. The molecule has 0 N–H and O–H groups in total. The van der Waals surface area contributed by atoms with Crippen molar-refractivity contribution in [2.75, 3.05) is 6.79 Å². The molecule has 1 atom stereocenters. The highest BCUT2D eigenvalue weighted by atomic mass is 79.9. The number of rotatable bonds is 3. The third kappa shape index (κ3) is 2.63. The van der Waals surface area contributed by atoms with Crippen LogP contribution in [0.25, 0.3) is 6.08 Å². The van der Waals surface area contributed by atoms with E-state index in [-0.39, 0.29) is 24.0 Å². The van der Waals surface area contributed by atoms with Crippen LogP contribution in [0.4, 0.5) is 4.79 Å². The Morgan fingerprint density at radius 2 is 2.05 bits per heavy atom. The van der Waals surface area contributed by atoms with Crippen LogP contribution in [-0.2, 0) is 4.79 Å². The first-order chi connectivity index (χ1) is 10.5. The van der Waals surface area contributed by atoms with Crippen LogP contribution in [0.5, 0.6) is 11.5 Å². The lowest BCUT2D eigenvalue weighted by molar-refractivity contribution is -0.124. The second-order valence-corrected chi connectivity index (χ2v) is 6.88. The van der Waals surface area contributed by atoms with Gasteiger partial charge in [0.25, 0.3) is 11.1 Å². The molecule has 2 heterocycles. The van der Waals surface area contributed by atoms with Gasteiger partial charge in [-0.1, -0.05) is 22.9 Å². The minimum Gasteiger partial charge on any atom is -0.454 e. The van der Waals surface area contributed by atoms with Gasteiger partial charge in [-0.05, 0) is 48.9 Å². The van der Waals surface area contributed by atoms with Crippen LogP contribution in [0.2, 0.25) is 0 Å². The molecule has 1 aromatic rings. The van der Waals surface area contributed by atoms with Gasteiger partial charge in [-0.3, -0.25) is 14.5 Å². The Balaban J connectivity index is 1.93. The molecule has 2 aliphatic heterocycles. The molecule has 2 amide bonds. The van der Waals surface area contributed by atoms with Crippen LogP contribution < -0.4 is 9.47 Å². The van der Waals surface area contributed by atoms with Crippen molar-refractivity contribution in [1.82, 2.24) is 4.90 Å². The lowest BCUT2D eigenvalue weighted by Gasteiger charge is -2.19. The van der Waals surface area contributed by atoms with Crippen molar-refractivity contribution in [3.8, 4) is 11.5 Å². The summed E-state index contributed by atoms with van der Waals surface area (Å²) < 4.78 is 11.4. The minimum atomic E-state index is -0.242. The highest BCUT2D eigenvalue weighted by Crippen LogP contribution is 2.40. The SMILES string of the molecule is CC[C@H](C)N1C(=O)S/C(=C\c2cc3c(cc2Br)OCO3)C1=O. The van der Waals surface area contributed by atoms with Gasteiger partial charge >= 0.3 is 0 Å². The molecule has 1 aromatic carbocycles. The Morgan fingerprint density at radius 1 is 1.36 bits per heavy atom. The summed E-state index contributed by atoms with van der Waals surface area (Å²) in [5.41, 5.74) is 0.777. The largest absolute Gasteiger partial charge is 0.454 e. The van der Waals surface area contributed by atoms with Gasteiger partial charge in [0, 0.05) is 10.5 Å². The summed E-state index contributed by atoms with van der Waals surface area (Å²) >= 11 is 4.42. The number of hydrogen-bond donors (Lipinski definition) is 0. The van der Waals surface area contributed by atoms with E-state index < -0.39 is 0 Å². The van der Waals surface area contributed by atoms with Crippen molar-refractivity contribution in [2.45, 2.75) is 26.3 Å². The molecule has 22 heavy (non-hydrogen) atoms. The summed E-state index contributed by atoms with van der Waals surface area (Å²) in [4.78, 5) is 26.2. The zero-order valence-electron chi connectivity index (χ0n) is 12.1. The second kappa shape index (κ2) is 5.96. The molecule has 116 valence electrons. The van der Waals surface area contributed by atoms with Gasteiger partial charge in [-0.2, -0.15) is 0 Å². The third-order valence-corrected chi connectivity index (χ3v) is 5.20. The van der Waals surface area contributed by atoms with E-state index in [0.717, 1.165) is 28.2 Å². The number of carbonyl (C=O) groups excluding carboxylic acids is 2. The van der Waals surface area contributed by atoms with Gasteiger partial charge in [0.1, 0.15) is 0 Å². The number of fused-ring (bicyclic) bond motifs is 1. The van der Waals surface area contributed by atoms with Crippen molar-refractivity contribution in [3.63, 3.8) is 0 Å². The number of ether oxygens (including phenoxy) is 2. The van der Waals surface area contributed by atoms with Crippen LogP contribution in [0.1, 0.15) is 25.8 Å². The van der Waals surface area contributed by atoms with Crippen molar-refractivity contribution < 1.29 is 19.1 Å². The van der Waals surface area contributed by atoms with Gasteiger partial charge in [0.2, 0.25) is 6.79 Å². The molecule has 3 rings (SSSR count). The summed E-state index contributed by atoms with van der Waals surface area (Å²) in [5, 5.41) is -0.220. The molecular weight excluding hydrogens is 370 g/mol. The average molecular weight is 384 g/mol. The summed E-state index contributed by atoms with van der Waals surface area (Å²) in [6.45, 7) is 4.01. The molecular formula is C15H14BrNO4S. The molecule has 1 saturated heterocycles. The third-order valence-electron chi connectivity index (χ3n) is 3.63. The van der Waals surface area contributed by atoms with Gasteiger partial charge in [0.15, 0.2) is 11.5 Å². The fourth-order valence-electron chi connectivity index (χ4n) is 2.23. The molecule has 7 heteroatoms. The first kappa shape index (κ1) is 15.4. The Hall–Kier alpha value is -1.47. The number of amides is 2. The molecule has 1 fully saturated rings. The number of nitrogens with zero attached hydrogens (tertiary/aromatic N) is 1. The molecule has 5 nitrogen and oxygen atoms in total. The second-order valence-electron chi connectivity index (χ2n) is 5.04. The Bertz CT molecular complexity index is 688. The van der Waals surface area contributed by atoms with Crippen LogP contribution in [0, 0.1) is 0 Å². The Labute approximate surface area is 140 Å². The fraction of sp³-hybridized carbons (Fsp3) is 0.333. The number of benzene rings is 1. The molecule has 0 unspecified atom stereocenters. The Kier molecular flexibility index (Phi) is 4.18. The fourth-order valence-corrected chi connectivity index (χ4v) is 3.58. The number of halogens is 1. The molecule has 0 aromatic heterocycles. The maximum Gasteiger partial charge on any atom is 0.293 e. The number of imide groups is 1. The summed E-state index contributed by atoms with van der Waals surface area (Å²) in [6, 6.07) is 3.50. The summed E-state index contributed by atoms with van der Waals surface area (Å²) in [7, 11) is 0. The monoisotopic (exact) mass is 383 g/mol. The van der Waals surface area contributed by atoms with Gasteiger partial charge < -0.3 is 9.47 Å². The van der Waals surface area contributed by atoms with Gasteiger partial charge in [0.05, 0.1) is 4.91 Å². The molecule has 0 radical (unpaired) electrons. The van der Waals surface area contributed by atoms with Crippen molar-refractivity contribution in [1.29, 1.82) is 0 Å². The Morgan fingerprint density at radius 3 is 2.73 bits per heavy atom. The van der Waals surface area contributed by atoms with Crippen LogP contribution in [0.3, 0.4) is 0 Å². The van der Waals surface area contributed by atoms with E-state index in [1.807, 2.05) is 13.8 Å². The first-order valence-corrected chi connectivity index (χ1v) is 8.48. The zero-order valence-corrected chi connectivity index (χ0v) is 14.5. The maximum absolute atomic E-state index is 12.4. The number of thioether (sulfide) groups is 1.